The number of hydrogen-bond acceptors (Lipinski definition) is 4. The van der Waals surface area contributed by atoms with Crippen LogP contribution in [-0.2, 0) is 22.7 Å². The van der Waals surface area contributed by atoms with Gasteiger partial charge in [0.2, 0.25) is 11.8 Å². The number of halogens is 3. The molecule has 9 nitrogen and oxygen atoms in total. The Bertz CT molecular complexity index is 1160. The summed E-state index contributed by atoms with van der Waals surface area (Å²) in [5, 5.41) is 6.78. The molecule has 2 fully saturated rings. The summed E-state index contributed by atoms with van der Waals surface area (Å²) >= 11 is 0. The van der Waals surface area contributed by atoms with Gasteiger partial charge in [-0.1, -0.05) is 0 Å². The second kappa shape index (κ2) is 8.33. The van der Waals surface area contributed by atoms with Crippen molar-refractivity contribution < 1.29 is 27.6 Å². The number of likely N-dealkylation sites (tertiary alicyclic amines) is 1. The SMILES string of the molecule is C[C@H]1Cn2ncc(N3CC(N4CCCC4=O)CC3=O)c2CN1C(=O)Nc1cc(F)c(F)c(F)c1. The fraction of sp³-hybridized carbons (Fsp3) is 0.455. The molecule has 0 spiro atoms. The Morgan fingerprint density at radius 2 is 1.85 bits per heavy atom. The number of carbonyl (C=O) groups is 3. The fourth-order valence-corrected chi connectivity index (χ4v) is 4.89. The van der Waals surface area contributed by atoms with Crippen molar-refractivity contribution in [3.63, 3.8) is 0 Å². The first-order valence-electron chi connectivity index (χ1n) is 11.1. The molecule has 1 unspecified atom stereocenters. The third-order valence-electron chi connectivity index (χ3n) is 6.66. The van der Waals surface area contributed by atoms with E-state index >= 15 is 0 Å². The Morgan fingerprint density at radius 3 is 2.53 bits per heavy atom. The zero-order valence-electron chi connectivity index (χ0n) is 18.4. The van der Waals surface area contributed by atoms with Gasteiger partial charge in [-0.3, -0.25) is 14.3 Å². The summed E-state index contributed by atoms with van der Waals surface area (Å²) in [6, 6.07) is 0.305. The van der Waals surface area contributed by atoms with Crippen molar-refractivity contribution in [1.29, 1.82) is 0 Å². The lowest BCUT2D eigenvalue weighted by atomic mass is 10.2. The van der Waals surface area contributed by atoms with Gasteiger partial charge < -0.3 is 20.0 Å². The summed E-state index contributed by atoms with van der Waals surface area (Å²) in [4.78, 5) is 42.6. The normalized spacial score (nSPS) is 22.5. The summed E-state index contributed by atoms with van der Waals surface area (Å²) in [5.74, 6) is -4.47. The second-order valence-electron chi connectivity index (χ2n) is 8.87. The van der Waals surface area contributed by atoms with E-state index in [0.29, 0.717) is 49.6 Å². The van der Waals surface area contributed by atoms with E-state index in [-0.39, 0.29) is 42.6 Å². The maximum absolute atomic E-state index is 13.5. The average molecular weight is 476 g/mol. The van der Waals surface area contributed by atoms with Crippen molar-refractivity contribution in [2.45, 2.75) is 51.4 Å². The standard InChI is InChI=1S/C22H23F3N6O3/c1-12-9-31-18(11-29(12)22(34)27-13-5-15(23)21(25)16(24)6-13)17(8-26-31)30-10-14(7-20(30)33)28-4-2-3-19(28)32/h5-6,8,12,14H,2-4,7,9-11H2,1H3,(H,27,34)/t12-,14?/m0/s1. The predicted octanol–water partition coefficient (Wildman–Crippen LogP) is 2.46. The number of carbonyl (C=O) groups excluding carboxylic acids is 3. The van der Waals surface area contributed by atoms with Crippen LogP contribution in [0.1, 0.15) is 31.9 Å². The van der Waals surface area contributed by atoms with Gasteiger partial charge in [0, 0.05) is 43.8 Å². The van der Waals surface area contributed by atoms with Gasteiger partial charge in [0.25, 0.3) is 0 Å². The van der Waals surface area contributed by atoms with E-state index in [1.165, 1.54) is 4.90 Å². The third-order valence-corrected chi connectivity index (χ3v) is 6.66. The molecule has 180 valence electrons. The first kappa shape index (κ1) is 22.2. The number of hydrogen-bond donors (Lipinski definition) is 1. The van der Waals surface area contributed by atoms with Gasteiger partial charge in [-0.15, -0.1) is 0 Å². The number of anilines is 2. The first-order valence-corrected chi connectivity index (χ1v) is 11.1. The molecule has 3 aliphatic rings. The molecule has 0 radical (unpaired) electrons. The van der Waals surface area contributed by atoms with Gasteiger partial charge in [-0.2, -0.15) is 5.10 Å². The molecule has 2 atom stereocenters. The molecule has 2 saturated heterocycles. The second-order valence-corrected chi connectivity index (χ2v) is 8.87. The zero-order valence-corrected chi connectivity index (χ0v) is 18.4. The van der Waals surface area contributed by atoms with Gasteiger partial charge in [0.15, 0.2) is 17.5 Å². The maximum atomic E-state index is 13.5. The molecule has 0 saturated carbocycles. The molecule has 0 aliphatic carbocycles. The molecule has 4 amide bonds. The molecule has 1 aromatic carbocycles. The van der Waals surface area contributed by atoms with Crippen molar-refractivity contribution in [2.24, 2.45) is 0 Å². The van der Waals surface area contributed by atoms with E-state index < -0.39 is 23.5 Å². The smallest absolute Gasteiger partial charge is 0.322 e. The van der Waals surface area contributed by atoms with Gasteiger partial charge >= 0.3 is 6.03 Å². The van der Waals surface area contributed by atoms with E-state index in [1.54, 1.807) is 27.6 Å². The van der Waals surface area contributed by atoms with Crippen molar-refractivity contribution in [2.75, 3.05) is 23.3 Å². The van der Waals surface area contributed by atoms with E-state index in [4.69, 9.17) is 0 Å². The van der Waals surface area contributed by atoms with Crippen LogP contribution in [0.4, 0.5) is 29.3 Å². The Hall–Kier alpha value is -3.57. The lowest BCUT2D eigenvalue weighted by Gasteiger charge is -2.35. The molecule has 5 rings (SSSR count). The van der Waals surface area contributed by atoms with Crippen molar-refractivity contribution in [1.82, 2.24) is 19.6 Å². The molecule has 1 N–H and O–H groups in total. The molecule has 34 heavy (non-hydrogen) atoms. The molecule has 3 aliphatic heterocycles. The number of nitrogens with one attached hydrogen (secondary N) is 1. The van der Waals surface area contributed by atoms with E-state index in [1.807, 2.05) is 0 Å². The topological polar surface area (TPSA) is 90.8 Å². The molecule has 2 aromatic rings. The summed E-state index contributed by atoms with van der Waals surface area (Å²) in [6.07, 6.45) is 3.10. The summed E-state index contributed by atoms with van der Waals surface area (Å²) in [6.45, 7) is 3.26. The highest BCUT2D eigenvalue weighted by Crippen LogP contribution is 2.32. The van der Waals surface area contributed by atoms with Gasteiger partial charge in [0.1, 0.15) is 0 Å². The first-order chi connectivity index (χ1) is 16.2. The number of benzene rings is 1. The molecule has 12 heteroatoms. The van der Waals surface area contributed by atoms with Crippen molar-refractivity contribution in [3.8, 4) is 0 Å². The third kappa shape index (κ3) is 3.76. The van der Waals surface area contributed by atoms with Crippen LogP contribution < -0.4 is 10.2 Å². The molecular weight excluding hydrogens is 453 g/mol. The number of rotatable bonds is 3. The van der Waals surface area contributed by atoms with Crippen molar-refractivity contribution >= 4 is 29.2 Å². The predicted molar refractivity (Wildman–Crippen MR) is 114 cm³/mol. The highest BCUT2D eigenvalue weighted by molar-refractivity contribution is 5.97. The molecular formula is C22H23F3N6O3. The minimum atomic E-state index is -1.61. The van der Waals surface area contributed by atoms with Crippen LogP contribution in [0.5, 0.6) is 0 Å². The van der Waals surface area contributed by atoms with E-state index in [0.717, 1.165) is 6.42 Å². The molecule has 4 heterocycles. The largest absolute Gasteiger partial charge is 0.337 e. The minimum absolute atomic E-state index is 0.0574. The maximum Gasteiger partial charge on any atom is 0.322 e. The Labute approximate surface area is 193 Å². The lowest BCUT2D eigenvalue weighted by Crippen LogP contribution is -2.47. The van der Waals surface area contributed by atoms with Crippen LogP contribution in [0.3, 0.4) is 0 Å². The number of amides is 4. The number of nitrogens with zero attached hydrogens (tertiary/aromatic N) is 5. The number of fused-ring (bicyclic) bond motifs is 1. The van der Waals surface area contributed by atoms with Crippen molar-refractivity contribution in [3.05, 3.63) is 41.5 Å². The fourth-order valence-electron chi connectivity index (χ4n) is 4.89. The quantitative estimate of drug-likeness (QED) is 0.690. The van der Waals surface area contributed by atoms with Gasteiger partial charge in [0.05, 0.1) is 42.8 Å². The van der Waals surface area contributed by atoms with E-state index in [2.05, 4.69) is 10.4 Å². The van der Waals surface area contributed by atoms with Crippen LogP contribution >= 0.6 is 0 Å². The number of urea groups is 1. The van der Waals surface area contributed by atoms with Gasteiger partial charge in [-0.25, -0.2) is 18.0 Å². The average Bonchev–Trinajstić information content (AvgIpc) is 3.49. The van der Waals surface area contributed by atoms with Crippen LogP contribution in [0.2, 0.25) is 0 Å². The minimum Gasteiger partial charge on any atom is -0.337 e. The highest BCUT2D eigenvalue weighted by Gasteiger charge is 2.40. The van der Waals surface area contributed by atoms with E-state index in [9.17, 15) is 27.6 Å². The summed E-state index contributed by atoms with van der Waals surface area (Å²) in [7, 11) is 0. The number of aromatic nitrogens is 2. The highest BCUT2D eigenvalue weighted by atomic mass is 19.2. The van der Waals surface area contributed by atoms with Crippen LogP contribution in [0.25, 0.3) is 0 Å². The monoisotopic (exact) mass is 476 g/mol. The molecule has 1 aromatic heterocycles. The van der Waals surface area contributed by atoms with Crippen LogP contribution in [0.15, 0.2) is 18.3 Å². The molecule has 0 bridgehead atoms. The summed E-state index contributed by atoms with van der Waals surface area (Å²) in [5.41, 5.74) is 1.01. The summed E-state index contributed by atoms with van der Waals surface area (Å²) < 4.78 is 42.0. The Kier molecular flexibility index (Phi) is 5.45. The van der Waals surface area contributed by atoms with Crippen LogP contribution in [-0.4, -0.2) is 62.6 Å². The van der Waals surface area contributed by atoms with Gasteiger partial charge in [-0.05, 0) is 13.3 Å². The zero-order chi connectivity index (χ0) is 24.1. The Balaban J connectivity index is 1.34. The lowest BCUT2D eigenvalue weighted by molar-refractivity contribution is -0.129. The van der Waals surface area contributed by atoms with Crippen LogP contribution in [0, 0.1) is 17.5 Å². The Morgan fingerprint density at radius 1 is 1.12 bits per heavy atom.